The SMILES string of the molecule is CCCCCCC/C=C\CCCCCCCC(=O)O[C@H](COC(=O)CCCCCCCCCCCC)COP(=O)(O)OCCN. The molecular weight excluding hydrogens is 593 g/mol. The molecule has 1 unspecified atom stereocenters. The molecule has 0 aliphatic carbocycles. The van der Waals surface area contributed by atoms with Gasteiger partial charge in [0, 0.05) is 19.4 Å². The number of hydrogen-bond acceptors (Lipinski definition) is 8. The number of carbonyl (C=O) groups is 2. The van der Waals surface area contributed by atoms with Crippen LogP contribution in [0.15, 0.2) is 12.2 Å². The molecule has 0 saturated carbocycles. The van der Waals surface area contributed by atoms with Crippen molar-refractivity contribution in [3.05, 3.63) is 12.2 Å². The minimum atomic E-state index is -4.36. The van der Waals surface area contributed by atoms with Crippen molar-refractivity contribution in [1.29, 1.82) is 0 Å². The van der Waals surface area contributed by atoms with Crippen molar-refractivity contribution in [1.82, 2.24) is 0 Å². The van der Waals surface area contributed by atoms with Crippen molar-refractivity contribution >= 4 is 19.8 Å². The van der Waals surface area contributed by atoms with Crippen LogP contribution in [0.5, 0.6) is 0 Å². The van der Waals surface area contributed by atoms with Crippen molar-refractivity contribution in [2.45, 2.75) is 174 Å². The molecule has 9 nitrogen and oxygen atoms in total. The van der Waals surface area contributed by atoms with E-state index in [9.17, 15) is 19.0 Å². The smallest absolute Gasteiger partial charge is 0.462 e. The summed E-state index contributed by atoms with van der Waals surface area (Å²) < 4.78 is 32.5. The Morgan fingerprint density at radius 2 is 1.09 bits per heavy atom. The van der Waals surface area contributed by atoms with Crippen molar-refractivity contribution in [3.63, 3.8) is 0 Å². The van der Waals surface area contributed by atoms with Gasteiger partial charge in [-0.05, 0) is 38.5 Å². The first-order valence-electron chi connectivity index (χ1n) is 18.2. The summed E-state index contributed by atoms with van der Waals surface area (Å²) in [5, 5.41) is 0. The third-order valence-corrected chi connectivity index (χ3v) is 8.64. The zero-order valence-electron chi connectivity index (χ0n) is 28.9. The predicted molar refractivity (Wildman–Crippen MR) is 183 cm³/mol. The number of nitrogens with two attached hydrogens (primary N) is 1. The third kappa shape index (κ3) is 32.5. The number of esters is 2. The van der Waals surface area contributed by atoms with Crippen LogP contribution in [0.2, 0.25) is 0 Å². The molecule has 0 aliphatic heterocycles. The van der Waals surface area contributed by atoms with Crippen molar-refractivity contribution in [3.8, 4) is 0 Å². The largest absolute Gasteiger partial charge is 0.472 e. The highest BCUT2D eigenvalue weighted by molar-refractivity contribution is 7.47. The molecule has 3 N–H and O–H groups in total. The molecule has 10 heteroatoms. The number of rotatable bonds is 34. The lowest BCUT2D eigenvalue weighted by atomic mass is 10.1. The quantitative estimate of drug-likeness (QED) is 0.0299. The van der Waals surface area contributed by atoms with E-state index in [1.807, 2.05) is 0 Å². The summed E-state index contributed by atoms with van der Waals surface area (Å²) in [6.45, 7) is 3.69. The van der Waals surface area contributed by atoms with Gasteiger partial charge in [-0.1, -0.05) is 129 Å². The Kier molecular flexibility index (Phi) is 31.8. The second-order valence-corrected chi connectivity index (χ2v) is 13.5. The fourth-order valence-electron chi connectivity index (χ4n) is 4.92. The Morgan fingerprint density at radius 3 is 1.58 bits per heavy atom. The number of hydrogen-bond donors (Lipinski definition) is 2. The lowest BCUT2D eigenvalue weighted by molar-refractivity contribution is -0.161. The fraction of sp³-hybridized carbons (Fsp3) is 0.886. The normalized spacial score (nSPS) is 13.6. The molecular formula is C35H68NO8P. The first-order valence-corrected chi connectivity index (χ1v) is 19.7. The summed E-state index contributed by atoms with van der Waals surface area (Å²) in [5.41, 5.74) is 5.32. The highest BCUT2D eigenvalue weighted by Gasteiger charge is 2.25. The molecule has 266 valence electrons. The van der Waals surface area contributed by atoms with Gasteiger partial charge in [0.1, 0.15) is 6.61 Å². The van der Waals surface area contributed by atoms with Crippen LogP contribution in [0.25, 0.3) is 0 Å². The van der Waals surface area contributed by atoms with E-state index in [4.69, 9.17) is 24.3 Å². The van der Waals surface area contributed by atoms with E-state index in [-0.39, 0.29) is 38.6 Å². The molecule has 0 heterocycles. The van der Waals surface area contributed by atoms with Gasteiger partial charge in [0.2, 0.25) is 0 Å². The molecule has 0 bridgehead atoms. The highest BCUT2D eigenvalue weighted by Crippen LogP contribution is 2.43. The zero-order chi connectivity index (χ0) is 33.3. The maximum atomic E-state index is 12.5. The molecule has 45 heavy (non-hydrogen) atoms. The maximum absolute atomic E-state index is 12.5. The average molecular weight is 662 g/mol. The van der Waals surface area contributed by atoms with Gasteiger partial charge >= 0.3 is 19.8 Å². The molecule has 0 spiro atoms. The molecule has 0 saturated heterocycles. The van der Waals surface area contributed by atoms with E-state index in [1.165, 1.54) is 83.5 Å². The summed E-state index contributed by atoms with van der Waals surface area (Å²) >= 11 is 0. The van der Waals surface area contributed by atoms with Crippen LogP contribution in [0, 0.1) is 0 Å². The van der Waals surface area contributed by atoms with Crippen LogP contribution in [0.1, 0.15) is 168 Å². The summed E-state index contributed by atoms with van der Waals surface area (Å²) in [6, 6.07) is 0. The topological polar surface area (TPSA) is 134 Å². The molecule has 0 aromatic rings. The van der Waals surface area contributed by atoms with Crippen LogP contribution >= 0.6 is 7.82 Å². The van der Waals surface area contributed by atoms with Gasteiger partial charge in [-0.3, -0.25) is 18.6 Å². The number of phosphoric acid groups is 1. The monoisotopic (exact) mass is 661 g/mol. The summed E-state index contributed by atoms with van der Waals surface area (Å²) in [5.74, 6) is -0.837. The van der Waals surface area contributed by atoms with E-state index < -0.39 is 26.5 Å². The number of carbonyl (C=O) groups excluding carboxylic acids is 2. The molecule has 0 aromatic heterocycles. The van der Waals surface area contributed by atoms with Crippen LogP contribution in [-0.2, 0) is 32.7 Å². The van der Waals surface area contributed by atoms with Gasteiger partial charge in [-0.15, -0.1) is 0 Å². The Labute approximate surface area is 275 Å². The molecule has 0 aliphatic rings. The van der Waals surface area contributed by atoms with Crippen LogP contribution < -0.4 is 5.73 Å². The minimum Gasteiger partial charge on any atom is -0.462 e. The average Bonchev–Trinajstić information content (AvgIpc) is 3.02. The second kappa shape index (κ2) is 32.7. The van der Waals surface area contributed by atoms with Crippen molar-refractivity contribution in [2.75, 3.05) is 26.4 Å². The van der Waals surface area contributed by atoms with Crippen molar-refractivity contribution < 1.29 is 37.6 Å². The number of ether oxygens (including phenoxy) is 2. The van der Waals surface area contributed by atoms with E-state index in [1.54, 1.807) is 0 Å². The Hall–Kier alpha value is -1.25. The zero-order valence-corrected chi connectivity index (χ0v) is 29.8. The molecule has 0 fully saturated rings. The fourth-order valence-corrected chi connectivity index (χ4v) is 5.69. The van der Waals surface area contributed by atoms with E-state index >= 15 is 0 Å². The number of allylic oxidation sites excluding steroid dienone is 2. The van der Waals surface area contributed by atoms with Gasteiger partial charge in [-0.2, -0.15) is 0 Å². The summed E-state index contributed by atoms with van der Waals surface area (Å²) in [4.78, 5) is 34.6. The van der Waals surface area contributed by atoms with E-state index in [2.05, 4.69) is 26.0 Å². The van der Waals surface area contributed by atoms with Crippen LogP contribution in [-0.4, -0.2) is 49.3 Å². The Bertz CT molecular complexity index is 764. The minimum absolute atomic E-state index is 0.0544. The van der Waals surface area contributed by atoms with E-state index in [0.29, 0.717) is 6.42 Å². The van der Waals surface area contributed by atoms with Gasteiger partial charge in [0.05, 0.1) is 13.2 Å². The Morgan fingerprint density at radius 1 is 0.644 bits per heavy atom. The standard InChI is InChI=1S/C35H68NO8P/c1-3-5-7-9-11-13-15-16-17-18-20-22-24-26-28-35(38)44-33(32-43-45(39,40)42-30-29-36)31-41-34(37)27-25-23-21-19-14-12-10-8-6-4-2/h15-16,33H,3-14,17-32,36H2,1-2H3,(H,39,40)/b16-15-/t33-/m1/s1. The van der Waals surface area contributed by atoms with Crippen LogP contribution in [0.4, 0.5) is 0 Å². The predicted octanol–water partition coefficient (Wildman–Crippen LogP) is 9.49. The first-order chi connectivity index (χ1) is 21.8. The summed E-state index contributed by atoms with van der Waals surface area (Å²) in [6.07, 6.45) is 29.5. The maximum Gasteiger partial charge on any atom is 0.472 e. The van der Waals surface area contributed by atoms with E-state index in [0.717, 1.165) is 51.4 Å². The molecule has 0 rings (SSSR count). The lowest BCUT2D eigenvalue weighted by Gasteiger charge is -2.19. The number of unbranched alkanes of at least 4 members (excludes halogenated alkanes) is 19. The van der Waals surface area contributed by atoms with Gasteiger partial charge in [0.25, 0.3) is 0 Å². The highest BCUT2D eigenvalue weighted by atomic mass is 31.2. The first kappa shape index (κ1) is 43.8. The van der Waals surface area contributed by atoms with Gasteiger partial charge < -0.3 is 20.1 Å². The number of phosphoric ester groups is 1. The second-order valence-electron chi connectivity index (χ2n) is 12.1. The van der Waals surface area contributed by atoms with Crippen LogP contribution in [0.3, 0.4) is 0 Å². The molecule has 0 amide bonds. The van der Waals surface area contributed by atoms with Gasteiger partial charge in [-0.25, -0.2) is 4.57 Å². The molecule has 2 atom stereocenters. The van der Waals surface area contributed by atoms with Crippen molar-refractivity contribution in [2.24, 2.45) is 5.73 Å². The van der Waals surface area contributed by atoms with Gasteiger partial charge in [0.15, 0.2) is 6.10 Å². The third-order valence-electron chi connectivity index (χ3n) is 7.65. The Balaban J connectivity index is 4.25. The summed E-state index contributed by atoms with van der Waals surface area (Å²) in [7, 11) is -4.36. The molecule has 0 aromatic carbocycles. The lowest BCUT2D eigenvalue weighted by Crippen LogP contribution is -2.29. The molecule has 0 radical (unpaired) electrons.